The third-order valence-electron chi connectivity index (χ3n) is 3.28. The summed E-state index contributed by atoms with van der Waals surface area (Å²) in [6.07, 6.45) is -3.64. The molecule has 2 rings (SSSR count). The van der Waals surface area contributed by atoms with Gasteiger partial charge in [-0.25, -0.2) is 0 Å². The lowest BCUT2D eigenvalue weighted by molar-refractivity contribution is -0.138. The molecule has 1 aromatic rings. The van der Waals surface area contributed by atoms with E-state index >= 15 is 0 Å². The minimum absolute atomic E-state index is 0.0830. The average molecular weight is 288 g/mol. The molecule has 0 spiro atoms. The predicted octanol–water partition coefficient (Wildman–Crippen LogP) is 2.38. The lowest BCUT2D eigenvalue weighted by atomic mass is 10.2. The summed E-state index contributed by atoms with van der Waals surface area (Å²) < 4.78 is 43.6. The van der Waals surface area contributed by atoms with Gasteiger partial charge in [-0.05, 0) is 18.6 Å². The van der Waals surface area contributed by atoms with Crippen molar-refractivity contribution >= 4 is 0 Å². The lowest BCUT2D eigenvalue weighted by Crippen LogP contribution is -2.44. The fraction of sp³-hybridized carbons (Fsp3) is 0.571. The molecule has 1 aliphatic heterocycles. The fourth-order valence-corrected chi connectivity index (χ4v) is 2.23. The molecule has 1 saturated heterocycles. The Balaban J connectivity index is 1.79. The monoisotopic (exact) mass is 288 g/mol. The Hall–Kier alpha value is -1.27. The zero-order valence-corrected chi connectivity index (χ0v) is 11.2. The van der Waals surface area contributed by atoms with Gasteiger partial charge < -0.3 is 15.0 Å². The van der Waals surface area contributed by atoms with Gasteiger partial charge >= 0.3 is 6.18 Å². The minimum Gasteiger partial charge on any atom is -0.493 e. The molecule has 0 saturated carbocycles. The minimum atomic E-state index is -4.37. The molecular formula is C14H19F3N2O. The molecule has 1 N–H and O–H groups in total. The normalized spacial score (nSPS) is 17.1. The van der Waals surface area contributed by atoms with E-state index in [2.05, 4.69) is 10.2 Å². The number of rotatable bonds is 5. The molecule has 1 aromatic carbocycles. The number of ether oxygens (including phenoxy) is 1. The molecule has 1 aliphatic rings. The maximum Gasteiger partial charge on any atom is 0.419 e. The van der Waals surface area contributed by atoms with Gasteiger partial charge in [0, 0.05) is 32.7 Å². The van der Waals surface area contributed by atoms with Crippen LogP contribution in [0.4, 0.5) is 13.2 Å². The Bertz CT molecular complexity index is 417. The molecule has 20 heavy (non-hydrogen) atoms. The van der Waals surface area contributed by atoms with Crippen LogP contribution < -0.4 is 10.1 Å². The van der Waals surface area contributed by atoms with Crippen LogP contribution in [-0.4, -0.2) is 44.2 Å². The number of nitrogens with zero attached hydrogens (tertiary/aromatic N) is 1. The molecule has 0 bridgehead atoms. The highest BCUT2D eigenvalue weighted by molar-refractivity contribution is 5.35. The summed E-state index contributed by atoms with van der Waals surface area (Å²) in [5.41, 5.74) is -0.706. The van der Waals surface area contributed by atoms with Gasteiger partial charge in [-0.2, -0.15) is 13.2 Å². The number of hydrogen-bond acceptors (Lipinski definition) is 3. The van der Waals surface area contributed by atoms with Gasteiger partial charge in [-0.3, -0.25) is 0 Å². The molecule has 0 radical (unpaired) electrons. The van der Waals surface area contributed by atoms with Crippen molar-refractivity contribution in [2.45, 2.75) is 12.6 Å². The van der Waals surface area contributed by atoms with Gasteiger partial charge in [0.25, 0.3) is 0 Å². The van der Waals surface area contributed by atoms with Crippen molar-refractivity contribution in [2.75, 3.05) is 39.3 Å². The van der Waals surface area contributed by atoms with E-state index in [-0.39, 0.29) is 5.75 Å². The van der Waals surface area contributed by atoms with E-state index in [1.165, 1.54) is 12.1 Å². The van der Waals surface area contributed by atoms with Crippen molar-refractivity contribution in [3.8, 4) is 5.75 Å². The second kappa shape index (κ2) is 6.95. The second-order valence-corrected chi connectivity index (χ2v) is 4.79. The zero-order valence-electron chi connectivity index (χ0n) is 11.2. The first kappa shape index (κ1) is 15.1. The SMILES string of the molecule is FC(F)(F)c1ccccc1OCCCN1CCNCC1. The Kier molecular flexibility index (Phi) is 5.25. The van der Waals surface area contributed by atoms with Gasteiger partial charge in [0.2, 0.25) is 0 Å². The molecular weight excluding hydrogens is 269 g/mol. The van der Waals surface area contributed by atoms with Crippen LogP contribution in [0.25, 0.3) is 0 Å². The molecule has 6 heteroatoms. The number of alkyl halides is 3. The zero-order chi connectivity index (χ0) is 14.4. The first-order valence-electron chi connectivity index (χ1n) is 6.79. The van der Waals surface area contributed by atoms with Crippen LogP contribution in [0.2, 0.25) is 0 Å². The Labute approximate surface area is 116 Å². The summed E-state index contributed by atoms with van der Waals surface area (Å²) >= 11 is 0. The van der Waals surface area contributed by atoms with Crippen molar-refractivity contribution in [1.29, 1.82) is 0 Å². The van der Waals surface area contributed by atoms with Crippen LogP contribution in [-0.2, 0) is 6.18 Å². The highest BCUT2D eigenvalue weighted by Crippen LogP contribution is 2.35. The van der Waals surface area contributed by atoms with E-state index in [9.17, 15) is 13.2 Å². The summed E-state index contributed by atoms with van der Waals surface area (Å²) in [6, 6.07) is 5.34. The van der Waals surface area contributed by atoms with Crippen LogP contribution in [0.1, 0.15) is 12.0 Å². The van der Waals surface area contributed by atoms with E-state index in [4.69, 9.17) is 4.74 Å². The highest BCUT2D eigenvalue weighted by Gasteiger charge is 2.33. The smallest absolute Gasteiger partial charge is 0.419 e. The van der Waals surface area contributed by atoms with Crippen molar-refractivity contribution in [2.24, 2.45) is 0 Å². The Morgan fingerprint density at radius 3 is 2.55 bits per heavy atom. The summed E-state index contributed by atoms with van der Waals surface area (Å²) in [5, 5.41) is 3.26. The molecule has 1 fully saturated rings. The maximum absolute atomic E-state index is 12.8. The molecule has 0 atom stereocenters. The average Bonchev–Trinajstić information content (AvgIpc) is 2.44. The Morgan fingerprint density at radius 2 is 1.85 bits per heavy atom. The summed E-state index contributed by atoms with van der Waals surface area (Å²) in [5.74, 6) is -0.0830. The van der Waals surface area contributed by atoms with Crippen molar-refractivity contribution in [1.82, 2.24) is 10.2 Å². The summed E-state index contributed by atoms with van der Waals surface area (Å²) in [6.45, 7) is 5.07. The van der Waals surface area contributed by atoms with Crippen LogP contribution in [0.15, 0.2) is 24.3 Å². The van der Waals surface area contributed by atoms with Crippen LogP contribution in [0, 0.1) is 0 Å². The van der Waals surface area contributed by atoms with Crippen molar-refractivity contribution in [3.05, 3.63) is 29.8 Å². The Morgan fingerprint density at radius 1 is 1.15 bits per heavy atom. The molecule has 0 aromatic heterocycles. The van der Waals surface area contributed by atoms with Crippen molar-refractivity contribution in [3.63, 3.8) is 0 Å². The highest BCUT2D eigenvalue weighted by atomic mass is 19.4. The van der Waals surface area contributed by atoms with E-state index in [1.807, 2.05) is 0 Å². The number of benzene rings is 1. The van der Waals surface area contributed by atoms with E-state index in [0.29, 0.717) is 6.61 Å². The first-order chi connectivity index (χ1) is 9.57. The maximum atomic E-state index is 12.8. The van der Waals surface area contributed by atoms with Crippen LogP contribution in [0.3, 0.4) is 0 Å². The van der Waals surface area contributed by atoms with E-state index < -0.39 is 11.7 Å². The largest absolute Gasteiger partial charge is 0.493 e. The summed E-state index contributed by atoms with van der Waals surface area (Å²) in [7, 11) is 0. The van der Waals surface area contributed by atoms with E-state index in [0.717, 1.165) is 45.2 Å². The predicted molar refractivity (Wildman–Crippen MR) is 70.9 cm³/mol. The topological polar surface area (TPSA) is 24.5 Å². The number of hydrogen-bond donors (Lipinski definition) is 1. The third-order valence-corrected chi connectivity index (χ3v) is 3.28. The molecule has 3 nitrogen and oxygen atoms in total. The van der Waals surface area contributed by atoms with Gasteiger partial charge in [0.05, 0.1) is 12.2 Å². The van der Waals surface area contributed by atoms with Gasteiger partial charge in [-0.1, -0.05) is 12.1 Å². The van der Waals surface area contributed by atoms with Gasteiger partial charge in [-0.15, -0.1) is 0 Å². The molecule has 112 valence electrons. The fourth-order valence-electron chi connectivity index (χ4n) is 2.23. The molecule has 0 unspecified atom stereocenters. The van der Waals surface area contributed by atoms with Crippen LogP contribution in [0.5, 0.6) is 5.75 Å². The van der Waals surface area contributed by atoms with Crippen molar-refractivity contribution < 1.29 is 17.9 Å². The quantitative estimate of drug-likeness (QED) is 0.842. The molecule has 1 heterocycles. The van der Waals surface area contributed by atoms with Gasteiger partial charge in [0.1, 0.15) is 5.75 Å². The number of para-hydroxylation sites is 1. The standard InChI is InChI=1S/C14H19F3N2O/c15-14(16,17)12-4-1-2-5-13(12)20-11-3-8-19-9-6-18-7-10-19/h1-2,4-5,18H,3,6-11H2. The number of halogens is 3. The van der Waals surface area contributed by atoms with E-state index in [1.54, 1.807) is 6.07 Å². The third kappa shape index (κ3) is 4.38. The first-order valence-corrected chi connectivity index (χ1v) is 6.79. The molecule has 0 amide bonds. The van der Waals surface area contributed by atoms with Crippen LogP contribution >= 0.6 is 0 Å². The van der Waals surface area contributed by atoms with Gasteiger partial charge in [0.15, 0.2) is 0 Å². The number of piperazine rings is 1. The number of nitrogens with one attached hydrogen (secondary N) is 1. The lowest BCUT2D eigenvalue weighted by Gasteiger charge is -2.27. The second-order valence-electron chi connectivity index (χ2n) is 4.79. The summed E-state index contributed by atoms with van der Waals surface area (Å²) in [4.78, 5) is 2.29. The molecule has 0 aliphatic carbocycles.